The summed E-state index contributed by atoms with van der Waals surface area (Å²) in [6.07, 6.45) is 0.457. The highest BCUT2D eigenvalue weighted by molar-refractivity contribution is 7.88. The summed E-state index contributed by atoms with van der Waals surface area (Å²) >= 11 is 5.88. The van der Waals surface area contributed by atoms with Crippen LogP contribution in [-0.4, -0.2) is 40.0 Å². The Hall–Kier alpha value is -1.52. The summed E-state index contributed by atoms with van der Waals surface area (Å²) in [6.45, 7) is 1.51. The summed E-state index contributed by atoms with van der Waals surface area (Å²) in [5, 5.41) is -0.0747. The van der Waals surface area contributed by atoms with Crippen molar-refractivity contribution in [3.8, 4) is 11.5 Å². The summed E-state index contributed by atoms with van der Waals surface area (Å²) < 4.78 is 73.7. The van der Waals surface area contributed by atoms with Crippen LogP contribution in [0.15, 0.2) is 12.1 Å². The van der Waals surface area contributed by atoms with E-state index in [1.165, 1.54) is 7.11 Å². The first-order valence-corrected chi connectivity index (χ1v) is 8.25. The molecule has 0 fully saturated rings. The van der Waals surface area contributed by atoms with E-state index in [0.29, 0.717) is 13.0 Å². The Bertz CT molecular complexity index is 702. The summed E-state index contributed by atoms with van der Waals surface area (Å²) in [5.74, 6) is -1.66. The second-order valence-corrected chi connectivity index (χ2v) is 6.46. The number of Topliss-reactive ketones (excluding diaryl/α,β-unsaturated/α-hetero) is 1. The van der Waals surface area contributed by atoms with E-state index in [-0.39, 0.29) is 17.4 Å². The number of ketones is 1. The Kier molecular flexibility index (Phi) is 6.87. The van der Waals surface area contributed by atoms with E-state index in [1.807, 2.05) is 0 Å². The van der Waals surface area contributed by atoms with Gasteiger partial charge in [0.15, 0.2) is 11.5 Å². The summed E-state index contributed by atoms with van der Waals surface area (Å²) in [5.41, 5.74) is -6.06. The van der Waals surface area contributed by atoms with Crippen molar-refractivity contribution < 1.29 is 40.0 Å². The van der Waals surface area contributed by atoms with Crippen molar-refractivity contribution in [1.82, 2.24) is 0 Å². The largest absolute Gasteiger partial charge is 0.534 e. The molecule has 0 N–H and O–H groups in total. The molecule has 1 aromatic carbocycles. The van der Waals surface area contributed by atoms with Crippen LogP contribution in [0.4, 0.5) is 13.2 Å². The maximum atomic E-state index is 12.5. The van der Waals surface area contributed by atoms with Gasteiger partial charge in [0.05, 0.1) is 17.2 Å². The van der Waals surface area contributed by atoms with Gasteiger partial charge in [-0.05, 0) is 13.0 Å². The molecule has 1 aromatic rings. The zero-order chi connectivity index (χ0) is 18.5. The molecule has 136 valence electrons. The van der Waals surface area contributed by atoms with Crippen LogP contribution in [0.5, 0.6) is 11.5 Å². The van der Waals surface area contributed by atoms with Crippen molar-refractivity contribution in [2.75, 3.05) is 20.3 Å². The quantitative estimate of drug-likeness (QED) is 0.293. The molecule has 0 aliphatic heterocycles. The van der Waals surface area contributed by atoms with Crippen LogP contribution in [0.2, 0.25) is 5.02 Å². The molecule has 0 spiro atoms. The zero-order valence-corrected chi connectivity index (χ0v) is 14.2. The normalized spacial score (nSPS) is 12.1. The minimum atomic E-state index is -5.94. The number of methoxy groups -OCH3 is 1. The van der Waals surface area contributed by atoms with Crippen LogP contribution in [0.1, 0.15) is 23.7 Å². The number of ether oxygens (including phenoxy) is 2. The third-order valence-corrected chi connectivity index (χ3v) is 3.91. The first kappa shape index (κ1) is 20.5. The van der Waals surface area contributed by atoms with Gasteiger partial charge in [-0.25, -0.2) is 0 Å². The van der Waals surface area contributed by atoms with Gasteiger partial charge < -0.3 is 13.7 Å². The molecule has 0 unspecified atom stereocenters. The van der Waals surface area contributed by atoms with Crippen LogP contribution in [0, 0.1) is 0 Å². The number of hydrogen-bond acceptors (Lipinski definition) is 6. The Morgan fingerprint density at radius 2 is 1.83 bits per heavy atom. The van der Waals surface area contributed by atoms with Crippen molar-refractivity contribution in [2.24, 2.45) is 0 Å². The molecule has 0 atom stereocenters. The molecular formula is C13H14ClF3O6S. The lowest BCUT2D eigenvalue weighted by Crippen LogP contribution is -2.28. The number of benzene rings is 1. The SMILES string of the molecule is COCCCOc1cc(OS(=O)(=O)C(F)(F)F)c(C(C)=O)cc1Cl. The highest BCUT2D eigenvalue weighted by Crippen LogP contribution is 2.36. The van der Waals surface area contributed by atoms with Crippen molar-refractivity contribution in [3.05, 3.63) is 22.7 Å². The van der Waals surface area contributed by atoms with Gasteiger partial charge in [-0.2, -0.15) is 21.6 Å². The van der Waals surface area contributed by atoms with Crippen molar-refractivity contribution >= 4 is 27.5 Å². The molecule has 24 heavy (non-hydrogen) atoms. The standard InChI is InChI=1S/C13H14ClF3O6S/c1-8(18)9-6-10(14)12(22-5-3-4-21-2)7-11(9)23-24(19,20)13(15,16)17/h6-7H,3-5H2,1-2H3. The van der Waals surface area contributed by atoms with E-state index >= 15 is 0 Å². The average molecular weight is 391 g/mol. The number of carbonyl (C=O) groups excluding carboxylic acids is 1. The predicted octanol–water partition coefficient (Wildman–Crippen LogP) is 3.19. The van der Waals surface area contributed by atoms with E-state index in [9.17, 15) is 26.4 Å². The van der Waals surface area contributed by atoms with Crippen LogP contribution in [-0.2, 0) is 14.9 Å². The third kappa shape index (κ3) is 5.25. The molecule has 0 amide bonds. The molecule has 0 aromatic heterocycles. The minimum Gasteiger partial charge on any atom is -0.492 e. The van der Waals surface area contributed by atoms with Gasteiger partial charge >= 0.3 is 15.6 Å². The molecule has 0 saturated heterocycles. The second-order valence-electron chi connectivity index (χ2n) is 4.51. The Labute approximate surface area is 141 Å². The average Bonchev–Trinajstić information content (AvgIpc) is 2.44. The lowest BCUT2D eigenvalue weighted by Gasteiger charge is -2.15. The molecule has 0 aliphatic rings. The van der Waals surface area contributed by atoms with E-state index in [2.05, 4.69) is 4.18 Å². The van der Waals surface area contributed by atoms with Crippen LogP contribution < -0.4 is 8.92 Å². The number of carbonyl (C=O) groups is 1. The van der Waals surface area contributed by atoms with Crippen molar-refractivity contribution in [1.29, 1.82) is 0 Å². The van der Waals surface area contributed by atoms with Gasteiger partial charge in [-0.3, -0.25) is 4.79 Å². The maximum Gasteiger partial charge on any atom is 0.534 e. The minimum absolute atomic E-state index is 0.0747. The Morgan fingerprint density at radius 1 is 1.21 bits per heavy atom. The van der Waals surface area contributed by atoms with Gasteiger partial charge in [0, 0.05) is 26.2 Å². The first-order chi connectivity index (χ1) is 11.0. The van der Waals surface area contributed by atoms with Crippen LogP contribution in [0.25, 0.3) is 0 Å². The van der Waals surface area contributed by atoms with Crippen molar-refractivity contribution in [3.63, 3.8) is 0 Å². The molecular weight excluding hydrogens is 377 g/mol. The Balaban J connectivity index is 3.18. The van der Waals surface area contributed by atoms with E-state index < -0.39 is 32.7 Å². The molecule has 11 heteroatoms. The number of hydrogen-bond donors (Lipinski definition) is 0. The lowest BCUT2D eigenvalue weighted by molar-refractivity contribution is -0.0500. The first-order valence-electron chi connectivity index (χ1n) is 6.46. The topological polar surface area (TPSA) is 78.9 Å². The molecule has 0 heterocycles. The maximum absolute atomic E-state index is 12.5. The van der Waals surface area contributed by atoms with Gasteiger partial charge in [-0.1, -0.05) is 11.6 Å². The van der Waals surface area contributed by atoms with Crippen molar-refractivity contribution in [2.45, 2.75) is 18.9 Å². The van der Waals surface area contributed by atoms with Gasteiger partial charge in [-0.15, -0.1) is 0 Å². The smallest absolute Gasteiger partial charge is 0.492 e. The Morgan fingerprint density at radius 3 is 2.33 bits per heavy atom. The fourth-order valence-corrected chi connectivity index (χ4v) is 2.23. The lowest BCUT2D eigenvalue weighted by atomic mass is 10.1. The van der Waals surface area contributed by atoms with E-state index in [0.717, 1.165) is 19.1 Å². The highest BCUT2D eigenvalue weighted by Gasteiger charge is 2.49. The van der Waals surface area contributed by atoms with E-state index in [4.69, 9.17) is 21.1 Å². The molecule has 0 aliphatic carbocycles. The molecule has 6 nitrogen and oxygen atoms in total. The van der Waals surface area contributed by atoms with Gasteiger partial charge in [0.25, 0.3) is 0 Å². The third-order valence-electron chi connectivity index (χ3n) is 2.65. The fraction of sp³-hybridized carbons (Fsp3) is 0.462. The number of alkyl halides is 3. The molecule has 1 rings (SSSR count). The van der Waals surface area contributed by atoms with Crippen LogP contribution >= 0.6 is 11.6 Å². The summed E-state index contributed by atoms with van der Waals surface area (Å²) in [7, 11) is -4.46. The molecule has 0 bridgehead atoms. The fourth-order valence-electron chi connectivity index (χ4n) is 1.54. The van der Waals surface area contributed by atoms with E-state index in [1.54, 1.807) is 0 Å². The molecule has 0 radical (unpaired) electrons. The predicted molar refractivity (Wildman–Crippen MR) is 79.0 cm³/mol. The highest BCUT2D eigenvalue weighted by atomic mass is 35.5. The van der Waals surface area contributed by atoms with Gasteiger partial charge in [0.1, 0.15) is 5.75 Å². The molecule has 0 saturated carbocycles. The number of rotatable bonds is 8. The van der Waals surface area contributed by atoms with Gasteiger partial charge in [0.2, 0.25) is 0 Å². The number of halogens is 4. The monoisotopic (exact) mass is 390 g/mol. The second kappa shape index (κ2) is 8.04. The summed E-state index contributed by atoms with van der Waals surface area (Å²) in [4.78, 5) is 11.5. The zero-order valence-electron chi connectivity index (χ0n) is 12.6. The summed E-state index contributed by atoms with van der Waals surface area (Å²) in [6, 6.07) is 1.81. The van der Waals surface area contributed by atoms with Crippen LogP contribution in [0.3, 0.4) is 0 Å².